The summed E-state index contributed by atoms with van der Waals surface area (Å²) in [5, 5.41) is 7.02. The van der Waals surface area contributed by atoms with Gasteiger partial charge in [0.2, 0.25) is 5.91 Å². The first kappa shape index (κ1) is 16.7. The summed E-state index contributed by atoms with van der Waals surface area (Å²) in [6, 6.07) is 4.23. The molecule has 1 aliphatic heterocycles. The Morgan fingerprint density at radius 3 is 2.70 bits per heavy atom. The van der Waals surface area contributed by atoms with Crippen molar-refractivity contribution in [2.75, 3.05) is 31.1 Å². The molecule has 7 heteroatoms. The predicted octanol–water partition coefficient (Wildman–Crippen LogP) is 2.92. The Hall–Kier alpha value is -2.41. The Labute approximate surface area is 162 Å². The topological polar surface area (TPSA) is 53.7 Å². The zero-order valence-corrected chi connectivity index (χ0v) is 16.6. The van der Waals surface area contributed by atoms with Crippen LogP contribution in [0.2, 0.25) is 0 Å². The Morgan fingerprint density at radius 1 is 1.19 bits per heavy atom. The van der Waals surface area contributed by atoms with Crippen LogP contribution in [0.4, 0.5) is 5.82 Å². The molecule has 6 nitrogen and oxygen atoms in total. The molecule has 27 heavy (non-hydrogen) atoms. The summed E-state index contributed by atoms with van der Waals surface area (Å²) >= 11 is 1.74. The minimum Gasteiger partial charge on any atom is -0.353 e. The molecule has 0 aromatic carbocycles. The van der Waals surface area contributed by atoms with Gasteiger partial charge in [-0.2, -0.15) is 9.61 Å². The summed E-state index contributed by atoms with van der Waals surface area (Å²) in [5.74, 6) is 1.36. The number of anilines is 1. The van der Waals surface area contributed by atoms with Gasteiger partial charge in [-0.15, -0.1) is 11.3 Å². The monoisotopic (exact) mass is 381 g/mol. The summed E-state index contributed by atoms with van der Waals surface area (Å²) in [6.45, 7) is 6.96. The molecule has 5 rings (SSSR count). The fraction of sp³-hybridized carbons (Fsp3) is 0.450. The molecule has 1 fully saturated rings. The lowest BCUT2D eigenvalue weighted by Gasteiger charge is -2.36. The van der Waals surface area contributed by atoms with Crippen molar-refractivity contribution < 1.29 is 4.79 Å². The lowest BCUT2D eigenvalue weighted by atomic mass is 10.2. The molecule has 0 spiro atoms. The highest BCUT2D eigenvalue weighted by atomic mass is 32.1. The lowest BCUT2D eigenvalue weighted by molar-refractivity contribution is -0.129. The molecule has 1 saturated heterocycles. The molecule has 0 radical (unpaired) electrons. The van der Waals surface area contributed by atoms with Crippen LogP contribution in [0, 0.1) is 6.92 Å². The van der Waals surface area contributed by atoms with Crippen LogP contribution >= 0.6 is 11.3 Å². The number of thiophene rings is 1. The highest BCUT2D eigenvalue weighted by molar-refractivity contribution is 7.13. The average molecular weight is 382 g/mol. The van der Waals surface area contributed by atoms with E-state index in [1.54, 1.807) is 18.3 Å². The highest BCUT2D eigenvalue weighted by Gasteiger charge is 2.29. The Balaban J connectivity index is 1.66. The van der Waals surface area contributed by atoms with Gasteiger partial charge in [-0.25, -0.2) is 4.98 Å². The third kappa shape index (κ3) is 2.64. The Bertz CT molecular complexity index is 1020. The molecule has 0 atom stereocenters. The number of fused-ring (bicyclic) bond motifs is 2. The molecular weight excluding hydrogens is 358 g/mol. The van der Waals surface area contributed by atoms with E-state index in [0.717, 1.165) is 62.3 Å². The van der Waals surface area contributed by atoms with Crippen LogP contribution in [0.5, 0.6) is 0 Å². The summed E-state index contributed by atoms with van der Waals surface area (Å²) in [7, 11) is 0. The van der Waals surface area contributed by atoms with Gasteiger partial charge >= 0.3 is 0 Å². The van der Waals surface area contributed by atoms with Crippen LogP contribution in [0.25, 0.3) is 16.1 Å². The number of piperazine rings is 1. The summed E-state index contributed by atoms with van der Waals surface area (Å²) in [6.07, 6.45) is 3.26. The van der Waals surface area contributed by atoms with Crippen molar-refractivity contribution in [3.8, 4) is 10.4 Å². The van der Waals surface area contributed by atoms with Gasteiger partial charge in [-0.3, -0.25) is 4.79 Å². The molecule has 0 bridgehead atoms. The van der Waals surface area contributed by atoms with Gasteiger partial charge in [0.25, 0.3) is 0 Å². The first-order chi connectivity index (χ1) is 13.1. The van der Waals surface area contributed by atoms with Crippen LogP contribution < -0.4 is 4.90 Å². The number of aryl methyl sites for hydroxylation is 2. The van der Waals surface area contributed by atoms with Gasteiger partial charge in [-0.05, 0) is 37.6 Å². The SMILES string of the molecule is CC(=O)N1CCN(c2c3c(nc4c(-c5cccs5)c(C)nn24)CCC3)CC1. The van der Waals surface area contributed by atoms with E-state index >= 15 is 0 Å². The minimum atomic E-state index is 0.162. The first-order valence-corrected chi connectivity index (χ1v) is 10.5. The van der Waals surface area contributed by atoms with Crippen molar-refractivity contribution in [1.82, 2.24) is 19.5 Å². The number of carbonyl (C=O) groups is 1. The molecule has 140 valence electrons. The van der Waals surface area contributed by atoms with Gasteiger partial charge < -0.3 is 9.80 Å². The van der Waals surface area contributed by atoms with Crippen molar-refractivity contribution in [1.29, 1.82) is 0 Å². The molecule has 4 heterocycles. The first-order valence-electron chi connectivity index (χ1n) is 9.59. The Morgan fingerprint density at radius 2 is 2.00 bits per heavy atom. The fourth-order valence-electron chi connectivity index (χ4n) is 4.38. The summed E-state index contributed by atoms with van der Waals surface area (Å²) in [4.78, 5) is 22.3. The number of amides is 1. The number of hydrogen-bond donors (Lipinski definition) is 0. The Kier molecular flexibility index (Phi) is 3.93. The van der Waals surface area contributed by atoms with Crippen LogP contribution in [0.3, 0.4) is 0 Å². The van der Waals surface area contributed by atoms with E-state index in [2.05, 4.69) is 33.9 Å². The van der Waals surface area contributed by atoms with Crippen molar-refractivity contribution in [3.05, 3.63) is 34.5 Å². The number of hydrogen-bond acceptors (Lipinski definition) is 5. The summed E-state index contributed by atoms with van der Waals surface area (Å²) in [5.41, 5.74) is 5.73. The second-order valence-corrected chi connectivity index (χ2v) is 8.33. The fourth-order valence-corrected chi connectivity index (χ4v) is 5.20. The molecule has 0 N–H and O–H groups in total. The molecule has 0 saturated carbocycles. The van der Waals surface area contributed by atoms with E-state index < -0.39 is 0 Å². The maximum atomic E-state index is 11.7. The highest BCUT2D eigenvalue weighted by Crippen LogP contribution is 2.37. The van der Waals surface area contributed by atoms with Gasteiger partial charge in [0.05, 0.1) is 11.3 Å². The quantitative estimate of drug-likeness (QED) is 0.685. The molecule has 3 aromatic heterocycles. The summed E-state index contributed by atoms with van der Waals surface area (Å²) < 4.78 is 2.07. The van der Waals surface area contributed by atoms with Crippen molar-refractivity contribution in [3.63, 3.8) is 0 Å². The van der Waals surface area contributed by atoms with Gasteiger partial charge in [0.15, 0.2) is 5.65 Å². The normalized spacial score (nSPS) is 17.0. The van der Waals surface area contributed by atoms with Crippen molar-refractivity contribution in [2.45, 2.75) is 33.1 Å². The van der Waals surface area contributed by atoms with Crippen LogP contribution in [0.15, 0.2) is 17.5 Å². The van der Waals surface area contributed by atoms with Crippen molar-refractivity contribution in [2.24, 2.45) is 0 Å². The number of carbonyl (C=O) groups excluding carboxylic acids is 1. The third-order valence-electron chi connectivity index (χ3n) is 5.73. The van der Waals surface area contributed by atoms with E-state index in [0.29, 0.717) is 0 Å². The van der Waals surface area contributed by atoms with E-state index in [-0.39, 0.29) is 5.91 Å². The van der Waals surface area contributed by atoms with Gasteiger partial charge in [-0.1, -0.05) is 6.07 Å². The number of nitrogens with zero attached hydrogens (tertiary/aromatic N) is 5. The zero-order chi connectivity index (χ0) is 18.5. The molecule has 1 aliphatic carbocycles. The molecule has 0 unspecified atom stereocenters. The number of rotatable bonds is 2. The lowest BCUT2D eigenvalue weighted by Crippen LogP contribution is -2.49. The van der Waals surface area contributed by atoms with Gasteiger partial charge in [0, 0.05) is 49.2 Å². The molecule has 1 amide bonds. The predicted molar refractivity (Wildman–Crippen MR) is 108 cm³/mol. The van der Waals surface area contributed by atoms with Crippen molar-refractivity contribution >= 4 is 28.7 Å². The zero-order valence-electron chi connectivity index (χ0n) is 15.7. The molecular formula is C20H23N5OS. The second kappa shape index (κ2) is 6.34. The molecule has 2 aliphatic rings. The standard InChI is InChI=1S/C20H23N5OS/c1-13-18(17-7-4-12-27-17)19-21-16-6-3-5-15(16)20(25(19)22-13)24-10-8-23(9-11-24)14(2)26/h4,7,12H,3,5-6,8-11H2,1-2H3. The largest absolute Gasteiger partial charge is 0.353 e. The minimum absolute atomic E-state index is 0.162. The van der Waals surface area contributed by atoms with E-state index in [1.165, 1.54) is 22.0 Å². The van der Waals surface area contributed by atoms with E-state index in [1.807, 2.05) is 4.90 Å². The van der Waals surface area contributed by atoms with Crippen LogP contribution in [-0.2, 0) is 17.6 Å². The van der Waals surface area contributed by atoms with Crippen LogP contribution in [0.1, 0.15) is 30.3 Å². The average Bonchev–Trinajstić information content (AvgIpc) is 3.38. The van der Waals surface area contributed by atoms with Gasteiger partial charge in [0.1, 0.15) is 5.82 Å². The van der Waals surface area contributed by atoms with E-state index in [9.17, 15) is 4.79 Å². The smallest absolute Gasteiger partial charge is 0.219 e. The third-order valence-corrected chi connectivity index (χ3v) is 6.62. The number of aromatic nitrogens is 3. The molecule has 3 aromatic rings. The maximum absolute atomic E-state index is 11.7. The second-order valence-electron chi connectivity index (χ2n) is 7.38. The maximum Gasteiger partial charge on any atom is 0.219 e. The van der Waals surface area contributed by atoms with E-state index in [4.69, 9.17) is 10.1 Å². The van der Waals surface area contributed by atoms with Crippen LogP contribution in [-0.4, -0.2) is 51.6 Å².